The highest BCUT2D eigenvalue weighted by Crippen LogP contribution is 2.30. The molecule has 0 unspecified atom stereocenters. The third kappa shape index (κ3) is 4.85. The Morgan fingerprint density at radius 1 is 1.14 bits per heavy atom. The SMILES string of the molecule is CNC(=O)COC(=O)N1CCN(c2ccc(-c3ccc(Cl)cc3Cl)cn2)CC1. The predicted molar refractivity (Wildman–Crippen MR) is 109 cm³/mol. The first-order chi connectivity index (χ1) is 13.5. The Labute approximate surface area is 173 Å². The monoisotopic (exact) mass is 422 g/mol. The number of amides is 2. The van der Waals surface area contributed by atoms with Gasteiger partial charge in [-0.25, -0.2) is 9.78 Å². The topological polar surface area (TPSA) is 74.8 Å². The fourth-order valence-electron chi connectivity index (χ4n) is 2.86. The minimum atomic E-state index is -0.482. The molecule has 9 heteroatoms. The van der Waals surface area contributed by atoms with E-state index in [0.717, 1.165) is 16.9 Å². The van der Waals surface area contributed by atoms with Crippen LogP contribution in [0.5, 0.6) is 0 Å². The van der Waals surface area contributed by atoms with Gasteiger partial charge in [0.2, 0.25) is 0 Å². The number of aromatic nitrogens is 1. The van der Waals surface area contributed by atoms with Crippen molar-refractivity contribution in [2.24, 2.45) is 0 Å². The van der Waals surface area contributed by atoms with E-state index in [4.69, 9.17) is 27.9 Å². The largest absolute Gasteiger partial charge is 0.439 e. The van der Waals surface area contributed by atoms with Crippen molar-refractivity contribution in [1.29, 1.82) is 0 Å². The van der Waals surface area contributed by atoms with Gasteiger partial charge in [-0.05, 0) is 24.3 Å². The summed E-state index contributed by atoms with van der Waals surface area (Å²) in [5.74, 6) is 0.490. The molecule has 3 rings (SSSR count). The van der Waals surface area contributed by atoms with E-state index in [1.165, 1.54) is 7.05 Å². The summed E-state index contributed by atoms with van der Waals surface area (Å²) in [5.41, 5.74) is 1.77. The average Bonchev–Trinajstić information content (AvgIpc) is 2.72. The second-order valence-corrected chi connectivity index (χ2v) is 7.07. The number of benzene rings is 1. The van der Waals surface area contributed by atoms with Crippen molar-refractivity contribution in [2.45, 2.75) is 0 Å². The van der Waals surface area contributed by atoms with Crippen molar-refractivity contribution in [1.82, 2.24) is 15.2 Å². The Bertz CT molecular complexity index is 853. The van der Waals surface area contributed by atoms with Crippen molar-refractivity contribution in [3.63, 3.8) is 0 Å². The minimum absolute atomic E-state index is 0.272. The fraction of sp³-hybridized carbons (Fsp3) is 0.316. The zero-order valence-electron chi connectivity index (χ0n) is 15.3. The third-order valence-corrected chi connectivity index (χ3v) is 5.01. The normalized spacial score (nSPS) is 14.0. The molecule has 2 heterocycles. The van der Waals surface area contributed by atoms with E-state index in [2.05, 4.69) is 15.2 Å². The van der Waals surface area contributed by atoms with Gasteiger partial charge in [0, 0.05) is 60.6 Å². The summed E-state index contributed by atoms with van der Waals surface area (Å²) < 4.78 is 4.98. The summed E-state index contributed by atoms with van der Waals surface area (Å²) in [5, 5.41) is 3.57. The number of likely N-dealkylation sites (N-methyl/N-ethyl adjacent to an activating group) is 1. The number of halogens is 2. The first-order valence-corrected chi connectivity index (χ1v) is 9.52. The minimum Gasteiger partial charge on any atom is -0.439 e. The summed E-state index contributed by atoms with van der Waals surface area (Å²) in [4.78, 5) is 31.4. The maximum Gasteiger partial charge on any atom is 0.410 e. The van der Waals surface area contributed by atoms with Gasteiger partial charge in [0.15, 0.2) is 6.61 Å². The first kappa shape index (κ1) is 20.2. The Morgan fingerprint density at radius 2 is 1.89 bits per heavy atom. The van der Waals surface area contributed by atoms with E-state index in [9.17, 15) is 9.59 Å². The lowest BCUT2D eigenvalue weighted by Gasteiger charge is -2.34. The molecule has 1 saturated heterocycles. The van der Waals surface area contributed by atoms with E-state index < -0.39 is 6.09 Å². The van der Waals surface area contributed by atoms with Gasteiger partial charge in [0.05, 0.1) is 0 Å². The number of piperazine rings is 1. The molecule has 148 valence electrons. The molecule has 1 aromatic carbocycles. The lowest BCUT2D eigenvalue weighted by atomic mass is 10.1. The Balaban J connectivity index is 1.57. The second-order valence-electron chi connectivity index (χ2n) is 6.23. The van der Waals surface area contributed by atoms with Crippen LogP contribution < -0.4 is 10.2 Å². The summed E-state index contributed by atoms with van der Waals surface area (Å²) >= 11 is 12.2. The lowest BCUT2D eigenvalue weighted by molar-refractivity contribution is -0.123. The summed E-state index contributed by atoms with van der Waals surface area (Å²) in [6.07, 6.45) is 1.29. The van der Waals surface area contributed by atoms with Crippen molar-refractivity contribution < 1.29 is 14.3 Å². The number of ether oxygens (including phenoxy) is 1. The highest BCUT2D eigenvalue weighted by molar-refractivity contribution is 6.36. The highest BCUT2D eigenvalue weighted by atomic mass is 35.5. The van der Waals surface area contributed by atoms with Crippen LogP contribution in [0.2, 0.25) is 10.0 Å². The van der Waals surface area contributed by atoms with Gasteiger partial charge >= 0.3 is 6.09 Å². The van der Waals surface area contributed by atoms with Gasteiger partial charge in [-0.1, -0.05) is 29.3 Å². The van der Waals surface area contributed by atoms with Gasteiger partial charge in [-0.15, -0.1) is 0 Å². The predicted octanol–water partition coefficient (Wildman–Crippen LogP) is 3.06. The smallest absolute Gasteiger partial charge is 0.410 e. The molecular formula is C19H20Cl2N4O3. The van der Waals surface area contributed by atoms with Crippen LogP contribution in [0.1, 0.15) is 0 Å². The highest BCUT2D eigenvalue weighted by Gasteiger charge is 2.23. The van der Waals surface area contributed by atoms with Crippen molar-refractivity contribution in [3.8, 4) is 11.1 Å². The van der Waals surface area contributed by atoms with Crippen LogP contribution in [-0.4, -0.2) is 61.7 Å². The number of pyridine rings is 1. The van der Waals surface area contributed by atoms with E-state index in [1.807, 2.05) is 18.2 Å². The van der Waals surface area contributed by atoms with E-state index in [0.29, 0.717) is 36.2 Å². The zero-order chi connectivity index (χ0) is 20.1. The standard InChI is InChI=1S/C19H20Cl2N4O3/c1-22-18(26)12-28-19(27)25-8-6-24(7-9-25)17-5-2-13(11-23-17)15-4-3-14(20)10-16(15)21/h2-5,10-11H,6-9,12H2,1H3,(H,22,26). The molecular weight excluding hydrogens is 403 g/mol. The molecule has 1 aliphatic heterocycles. The average molecular weight is 423 g/mol. The van der Waals surface area contributed by atoms with Crippen LogP contribution in [0.3, 0.4) is 0 Å². The number of hydrogen-bond acceptors (Lipinski definition) is 5. The number of nitrogens with zero attached hydrogens (tertiary/aromatic N) is 3. The maximum absolute atomic E-state index is 12.0. The molecule has 0 bridgehead atoms. The van der Waals surface area contributed by atoms with Gasteiger partial charge in [-0.3, -0.25) is 4.79 Å². The molecule has 2 aromatic rings. The lowest BCUT2D eigenvalue weighted by Crippen LogP contribution is -2.49. The molecule has 0 aliphatic carbocycles. The second kappa shape index (κ2) is 9.12. The van der Waals surface area contributed by atoms with Crippen molar-refractivity contribution in [3.05, 3.63) is 46.6 Å². The van der Waals surface area contributed by atoms with Crippen LogP contribution >= 0.6 is 23.2 Å². The maximum atomic E-state index is 12.0. The fourth-order valence-corrected chi connectivity index (χ4v) is 3.38. The van der Waals surface area contributed by atoms with Crippen molar-refractivity contribution in [2.75, 3.05) is 44.7 Å². The van der Waals surface area contributed by atoms with Crippen LogP contribution in [-0.2, 0) is 9.53 Å². The molecule has 28 heavy (non-hydrogen) atoms. The third-order valence-electron chi connectivity index (χ3n) is 4.46. The Morgan fingerprint density at radius 3 is 2.50 bits per heavy atom. The van der Waals surface area contributed by atoms with Crippen LogP contribution in [0.4, 0.5) is 10.6 Å². The number of anilines is 1. The number of carbonyl (C=O) groups is 2. The molecule has 7 nitrogen and oxygen atoms in total. The quantitative estimate of drug-likeness (QED) is 0.819. The number of hydrogen-bond donors (Lipinski definition) is 1. The van der Waals surface area contributed by atoms with Gasteiger partial charge < -0.3 is 19.9 Å². The van der Waals surface area contributed by atoms with Crippen LogP contribution in [0, 0.1) is 0 Å². The number of nitrogens with one attached hydrogen (secondary N) is 1. The number of rotatable bonds is 4. The molecule has 2 amide bonds. The van der Waals surface area contributed by atoms with E-state index in [-0.39, 0.29) is 12.5 Å². The summed E-state index contributed by atoms with van der Waals surface area (Å²) in [7, 11) is 1.49. The molecule has 0 atom stereocenters. The molecule has 0 radical (unpaired) electrons. The van der Waals surface area contributed by atoms with Gasteiger partial charge in [0.1, 0.15) is 5.82 Å². The molecule has 1 fully saturated rings. The first-order valence-electron chi connectivity index (χ1n) is 8.76. The molecule has 1 aromatic heterocycles. The van der Waals surface area contributed by atoms with E-state index >= 15 is 0 Å². The van der Waals surface area contributed by atoms with Crippen LogP contribution in [0.15, 0.2) is 36.5 Å². The zero-order valence-corrected chi connectivity index (χ0v) is 16.8. The summed E-state index contributed by atoms with van der Waals surface area (Å²) in [6, 6.07) is 9.25. The molecule has 0 spiro atoms. The summed E-state index contributed by atoms with van der Waals surface area (Å²) in [6.45, 7) is 1.98. The molecule has 1 N–H and O–H groups in total. The Hall–Kier alpha value is -2.51. The Kier molecular flexibility index (Phi) is 6.59. The number of carbonyl (C=O) groups excluding carboxylic acids is 2. The molecule has 0 saturated carbocycles. The van der Waals surface area contributed by atoms with E-state index in [1.54, 1.807) is 23.2 Å². The van der Waals surface area contributed by atoms with Gasteiger partial charge in [-0.2, -0.15) is 0 Å². The molecule has 1 aliphatic rings. The van der Waals surface area contributed by atoms with Gasteiger partial charge in [0.25, 0.3) is 5.91 Å². The van der Waals surface area contributed by atoms with Crippen LogP contribution in [0.25, 0.3) is 11.1 Å². The van der Waals surface area contributed by atoms with Crippen molar-refractivity contribution >= 4 is 41.0 Å².